The van der Waals surface area contributed by atoms with Gasteiger partial charge in [0.1, 0.15) is 12.4 Å². The molecule has 1 fully saturated rings. The van der Waals surface area contributed by atoms with Gasteiger partial charge in [-0.05, 0) is 47.6 Å². The minimum Gasteiger partial charge on any atom is -0.491 e. The van der Waals surface area contributed by atoms with E-state index in [1.54, 1.807) is 0 Å². The highest BCUT2D eigenvalue weighted by Crippen LogP contribution is 2.23. The minimum absolute atomic E-state index is 0.753. The van der Waals surface area contributed by atoms with Crippen LogP contribution in [0.15, 0.2) is 28.7 Å². The van der Waals surface area contributed by atoms with Crippen molar-refractivity contribution in [2.24, 2.45) is 0 Å². The largest absolute Gasteiger partial charge is 0.491 e. The van der Waals surface area contributed by atoms with Crippen LogP contribution in [0.2, 0.25) is 0 Å². The third kappa shape index (κ3) is 4.30. The molecule has 0 unspecified atom stereocenters. The SMILES string of the molecule is Brc1ccccc1OCCN1CCCNCC1. The molecule has 4 heteroatoms. The summed E-state index contributed by atoms with van der Waals surface area (Å²) < 4.78 is 6.80. The summed E-state index contributed by atoms with van der Waals surface area (Å²) in [6.45, 7) is 6.29. The van der Waals surface area contributed by atoms with E-state index in [0.29, 0.717) is 0 Å². The van der Waals surface area contributed by atoms with Crippen LogP contribution in [0.1, 0.15) is 6.42 Å². The summed E-state index contributed by atoms with van der Waals surface area (Å²) in [4.78, 5) is 2.46. The molecule has 0 radical (unpaired) electrons. The number of ether oxygens (including phenoxy) is 1. The normalized spacial score (nSPS) is 17.7. The molecule has 1 heterocycles. The van der Waals surface area contributed by atoms with E-state index in [1.165, 1.54) is 13.0 Å². The number of nitrogens with zero attached hydrogens (tertiary/aromatic N) is 1. The second-order valence-electron chi connectivity index (χ2n) is 4.22. The predicted octanol–water partition coefficient (Wildman–Crippen LogP) is 2.12. The number of nitrogens with one attached hydrogen (secondary N) is 1. The molecule has 1 aromatic carbocycles. The van der Waals surface area contributed by atoms with Gasteiger partial charge in [0.15, 0.2) is 0 Å². The zero-order valence-corrected chi connectivity index (χ0v) is 11.6. The predicted molar refractivity (Wildman–Crippen MR) is 73.6 cm³/mol. The lowest BCUT2D eigenvalue weighted by molar-refractivity contribution is 0.217. The highest BCUT2D eigenvalue weighted by atomic mass is 79.9. The third-order valence-corrected chi connectivity index (χ3v) is 3.59. The Hall–Kier alpha value is -0.580. The summed E-state index contributed by atoms with van der Waals surface area (Å²) in [5, 5.41) is 3.40. The third-order valence-electron chi connectivity index (χ3n) is 2.93. The van der Waals surface area contributed by atoms with Crippen LogP contribution in [0.25, 0.3) is 0 Å². The first kappa shape index (κ1) is 12.9. The van der Waals surface area contributed by atoms with Gasteiger partial charge in [-0.25, -0.2) is 0 Å². The molecule has 0 saturated carbocycles. The van der Waals surface area contributed by atoms with E-state index in [2.05, 4.69) is 26.1 Å². The Morgan fingerprint density at radius 3 is 3.00 bits per heavy atom. The molecule has 0 aliphatic carbocycles. The number of halogens is 1. The van der Waals surface area contributed by atoms with Crippen LogP contribution in [0.5, 0.6) is 5.75 Å². The summed E-state index contributed by atoms with van der Waals surface area (Å²) in [6, 6.07) is 7.99. The Labute approximate surface area is 111 Å². The molecule has 3 nitrogen and oxygen atoms in total. The van der Waals surface area contributed by atoms with E-state index >= 15 is 0 Å². The molecular formula is C13H19BrN2O. The molecule has 0 spiro atoms. The van der Waals surface area contributed by atoms with Gasteiger partial charge in [0.05, 0.1) is 4.47 Å². The van der Waals surface area contributed by atoms with Crippen molar-refractivity contribution in [1.82, 2.24) is 10.2 Å². The second kappa shape index (κ2) is 6.99. The van der Waals surface area contributed by atoms with Crippen LogP contribution in [0.4, 0.5) is 0 Å². The number of hydrogen-bond donors (Lipinski definition) is 1. The van der Waals surface area contributed by atoms with Crippen LogP contribution in [0, 0.1) is 0 Å². The van der Waals surface area contributed by atoms with Crippen molar-refractivity contribution < 1.29 is 4.74 Å². The highest BCUT2D eigenvalue weighted by Gasteiger charge is 2.08. The van der Waals surface area contributed by atoms with Gasteiger partial charge in [-0.15, -0.1) is 0 Å². The van der Waals surface area contributed by atoms with Crippen molar-refractivity contribution in [3.05, 3.63) is 28.7 Å². The van der Waals surface area contributed by atoms with Crippen LogP contribution in [-0.2, 0) is 0 Å². The Bertz CT molecular complexity index is 338. The molecule has 1 aliphatic heterocycles. The van der Waals surface area contributed by atoms with Gasteiger partial charge in [-0.3, -0.25) is 4.90 Å². The Morgan fingerprint density at radius 1 is 1.24 bits per heavy atom. The van der Waals surface area contributed by atoms with Crippen molar-refractivity contribution in [1.29, 1.82) is 0 Å². The van der Waals surface area contributed by atoms with Crippen LogP contribution < -0.4 is 10.1 Å². The quantitative estimate of drug-likeness (QED) is 0.922. The van der Waals surface area contributed by atoms with E-state index in [4.69, 9.17) is 4.74 Å². The van der Waals surface area contributed by atoms with Gasteiger partial charge < -0.3 is 10.1 Å². The lowest BCUT2D eigenvalue weighted by Gasteiger charge is -2.19. The highest BCUT2D eigenvalue weighted by molar-refractivity contribution is 9.10. The topological polar surface area (TPSA) is 24.5 Å². The van der Waals surface area contributed by atoms with E-state index in [0.717, 1.165) is 43.0 Å². The second-order valence-corrected chi connectivity index (χ2v) is 5.08. The van der Waals surface area contributed by atoms with Gasteiger partial charge in [-0.1, -0.05) is 12.1 Å². The average Bonchev–Trinajstić information content (AvgIpc) is 2.60. The van der Waals surface area contributed by atoms with E-state index < -0.39 is 0 Å². The molecule has 0 bridgehead atoms. The van der Waals surface area contributed by atoms with E-state index in [9.17, 15) is 0 Å². The molecule has 1 N–H and O–H groups in total. The van der Waals surface area contributed by atoms with Crippen molar-refractivity contribution >= 4 is 15.9 Å². The Balaban J connectivity index is 1.73. The number of para-hydroxylation sites is 1. The molecule has 94 valence electrons. The van der Waals surface area contributed by atoms with Gasteiger partial charge in [0.25, 0.3) is 0 Å². The van der Waals surface area contributed by atoms with E-state index in [-0.39, 0.29) is 0 Å². The smallest absolute Gasteiger partial charge is 0.133 e. The number of hydrogen-bond acceptors (Lipinski definition) is 3. The molecule has 17 heavy (non-hydrogen) atoms. The molecule has 0 atom stereocenters. The van der Waals surface area contributed by atoms with Gasteiger partial charge in [0.2, 0.25) is 0 Å². The van der Waals surface area contributed by atoms with Crippen LogP contribution in [0.3, 0.4) is 0 Å². The Kier molecular flexibility index (Phi) is 5.29. The molecule has 0 amide bonds. The maximum atomic E-state index is 5.77. The summed E-state index contributed by atoms with van der Waals surface area (Å²) in [5.74, 6) is 0.931. The van der Waals surface area contributed by atoms with Crippen LogP contribution >= 0.6 is 15.9 Å². The monoisotopic (exact) mass is 298 g/mol. The molecule has 1 aliphatic rings. The lowest BCUT2D eigenvalue weighted by atomic mass is 10.3. The number of rotatable bonds is 4. The molecule has 0 aromatic heterocycles. The first-order valence-electron chi connectivity index (χ1n) is 6.16. The average molecular weight is 299 g/mol. The maximum absolute atomic E-state index is 5.77. The zero-order chi connectivity index (χ0) is 11.9. The van der Waals surface area contributed by atoms with E-state index in [1.807, 2.05) is 24.3 Å². The minimum atomic E-state index is 0.753. The molecule has 2 rings (SSSR count). The summed E-state index contributed by atoms with van der Waals surface area (Å²) >= 11 is 3.49. The van der Waals surface area contributed by atoms with Crippen molar-refractivity contribution in [3.63, 3.8) is 0 Å². The summed E-state index contributed by atoms with van der Waals surface area (Å²) in [5.41, 5.74) is 0. The fourth-order valence-electron chi connectivity index (χ4n) is 1.97. The lowest BCUT2D eigenvalue weighted by Crippen LogP contribution is -2.31. The fraction of sp³-hybridized carbons (Fsp3) is 0.538. The van der Waals surface area contributed by atoms with Crippen LogP contribution in [-0.4, -0.2) is 44.2 Å². The molecule has 1 aromatic rings. The fourth-order valence-corrected chi connectivity index (χ4v) is 2.37. The van der Waals surface area contributed by atoms with Gasteiger partial charge in [0, 0.05) is 19.6 Å². The first-order valence-corrected chi connectivity index (χ1v) is 6.96. The van der Waals surface area contributed by atoms with Crippen molar-refractivity contribution in [3.8, 4) is 5.75 Å². The summed E-state index contributed by atoms with van der Waals surface area (Å²) in [6.07, 6.45) is 1.23. The first-order chi connectivity index (χ1) is 8.36. The Morgan fingerprint density at radius 2 is 2.12 bits per heavy atom. The van der Waals surface area contributed by atoms with Crippen molar-refractivity contribution in [2.45, 2.75) is 6.42 Å². The maximum Gasteiger partial charge on any atom is 0.133 e. The zero-order valence-electron chi connectivity index (χ0n) is 9.99. The number of benzene rings is 1. The van der Waals surface area contributed by atoms with Gasteiger partial charge in [-0.2, -0.15) is 0 Å². The standard InChI is InChI=1S/C13H19BrN2O/c14-12-4-1-2-5-13(12)17-11-10-16-8-3-6-15-7-9-16/h1-2,4-5,15H,3,6-11H2. The molecule has 1 saturated heterocycles. The molecular weight excluding hydrogens is 280 g/mol. The van der Waals surface area contributed by atoms with Crippen molar-refractivity contribution in [2.75, 3.05) is 39.3 Å². The summed E-state index contributed by atoms with van der Waals surface area (Å²) in [7, 11) is 0. The van der Waals surface area contributed by atoms with Gasteiger partial charge >= 0.3 is 0 Å².